The molecule has 1 aliphatic carbocycles. The van der Waals surface area contributed by atoms with Gasteiger partial charge >= 0.3 is 6.03 Å². The largest absolute Gasteiger partial charge is 0.439 e. The van der Waals surface area contributed by atoms with Crippen LogP contribution in [-0.2, 0) is 16.1 Å². The third kappa shape index (κ3) is 3.06. The van der Waals surface area contributed by atoms with Crippen LogP contribution in [0.15, 0.2) is 36.5 Å². The second-order valence-electron chi connectivity index (χ2n) is 8.14. The lowest BCUT2D eigenvalue weighted by molar-refractivity contribution is -0.121. The van der Waals surface area contributed by atoms with Crippen LogP contribution in [0.3, 0.4) is 0 Å². The van der Waals surface area contributed by atoms with Crippen molar-refractivity contribution < 1.29 is 19.1 Å². The molecule has 29 heavy (non-hydrogen) atoms. The number of anilines is 1. The van der Waals surface area contributed by atoms with E-state index in [0.717, 1.165) is 4.90 Å². The zero-order valence-corrected chi connectivity index (χ0v) is 16.5. The van der Waals surface area contributed by atoms with Crippen LogP contribution < -0.4 is 15.0 Å². The summed E-state index contributed by atoms with van der Waals surface area (Å²) in [6.45, 7) is 4.25. The van der Waals surface area contributed by atoms with Gasteiger partial charge in [0.1, 0.15) is 11.3 Å². The Bertz CT molecular complexity index is 986. The van der Waals surface area contributed by atoms with E-state index >= 15 is 0 Å². The second kappa shape index (κ2) is 6.56. The van der Waals surface area contributed by atoms with E-state index in [1.165, 1.54) is 30.2 Å². The molecule has 1 aromatic heterocycles. The number of amides is 3. The van der Waals surface area contributed by atoms with Crippen molar-refractivity contribution >= 4 is 17.6 Å². The predicted octanol–water partition coefficient (Wildman–Crippen LogP) is 4.08. The van der Waals surface area contributed by atoms with Crippen LogP contribution in [0.25, 0.3) is 0 Å². The minimum absolute atomic E-state index is 0.177. The average Bonchev–Trinajstić information content (AvgIpc) is 3.43. The molecule has 1 aromatic carbocycles. The number of nitrogens with one attached hydrogen (secondary N) is 1. The van der Waals surface area contributed by atoms with Crippen molar-refractivity contribution in [1.82, 2.24) is 10.3 Å². The Hall–Kier alpha value is -2.93. The average molecular weight is 393 g/mol. The van der Waals surface area contributed by atoms with Gasteiger partial charge in [-0.05, 0) is 61.4 Å². The van der Waals surface area contributed by atoms with Gasteiger partial charge in [0.2, 0.25) is 5.88 Å². The lowest BCUT2D eigenvalue weighted by Gasteiger charge is -2.19. The molecule has 1 unspecified atom stereocenters. The van der Waals surface area contributed by atoms with E-state index in [9.17, 15) is 9.59 Å². The first-order valence-electron chi connectivity index (χ1n) is 10.0. The van der Waals surface area contributed by atoms with Gasteiger partial charge in [0.05, 0.1) is 24.6 Å². The Morgan fingerprint density at radius 2 is 2.10 bits per heavy atom. The van der Waals surface area contributed by atoms with Crippen LogP contribution in [0.2, 0.25) is 0 Å². The number of urea groups is 1. The molecule has 7 heteroatoms. The molecule has 2 aliphatic heterocycles. The van der Waals surface area contributed by atoms with Crippen LogP contribution in [0.1, 0.15) is 50.3 Å². The molecule has 0 spiro atoms. The number of hydrogen-bond donors (Lipinski definition) is 1. The minimum Gasteiger partial charge on any atom is -0.439 e. The molecule has 1 saturated heterocycles. The number of benzene rings is 1. The molecule has 1 N–H and O–H groups in total. The van der Waals surface area contributed by atoms with Gasteiger partial charge in [-0.3, -0.25) is 4.79 Å². The maximum atomic E-state index is 12.6. The third-order valence-electron chi connectivity index (χ3n) is 6.06. The number of carbonyl (C=O) groups is 2. The van der Waals surface area contributed by atoms with Crippen LogP contribution in [-0.4, -0.2) is 22.5 Å². The van der Waals surface area contributed by atoms with Crippen LogP contribution in [0.5, 0.6) is 11.6 Å². The molecule has 2 fully saturated rings. The van der Waals surface area contributed by atoms with Crippen LogP contribution in [0, 0.1) is 5.92 Å². The highest BCUT2D eigenvalue weighted by molar-refractivity contribution is 6.23. The highest BCUT2D eigenvalue weighted by atomic mass is 16.5. The summed E-state index contributed by atoms with van der Waals surface area (Å²) in [4.78, 5) is 30.3. The standard InChI is InChI=1S/C22H23N3O4/c1-3-22(2)20(26)25(21(27)24-22)15-7-9-18(23-11-15)29-16-8-6-14-12-28-19(13-4-5-13)17(14)10-16/h6-11,13,19H,3-5,12H2,1-2H3,(H,24,27)/t19?,22-/m1/s1. The van der Waals surface area contributed by atoms with Crippen molar-refractivity contribution in [3.8, 4) is 11.6 Å². The lowest BCUT2D eigenvalue weighted by atomic mass is 9.99. The maximum absolute atomic E-state index is 12.6. The number of pyridine rings is 1. The fourth-order valence-electron chi connectivity index (χ4n) is 3.94. The van der Waals surface area contributed by atoms with E-state index in [2.05, 4.69) is 10.3 Å². The smallest absolute Gasteiger partial charge is 0.329 e. The fourth-order valence-corrected chi connectivity index (χ4v) is 3.94. The van der Waals surface area contributed by atoms with Crippen LogP contribution >= 0.6 is 0 Å². The molecule has 2 aromatic rings. The Balaban J connectivity index is 1.34. The number of hydrogen-bond acceptors (Lipinski definition) is 5. The Morgan fingerprint density at radius 3 is 2.76 bits per heavy atom. The summed E-state index contributed by atoms with van der Waals surface area (Å²) in [5.41, 5.74) is 1.97. The lowest BCUT2D eigenvalue weighted by Crippen LogP contribution is -2.43. The molecule has 3 amide bonds. The maximum Gasteiger partial charge on any atom is 0.329 e. The van der Waals surface area contributed by atoms with E-state index in [0.29, 0.717) is 36.3 Å². The van der Waals surface area contributed by atoms with E-state index < -0.39 is 11.6 Å². The highest BCUT2D eigenvalue weighted by Crippen LogP contribution is 2.48. The number of rotatable bonds is 5. The Kier molecular flexibility index (Phi) is 4.10. The molecule has 0 radical (unpaired) electrons. The Labute approximate surface area is 169 Å². The summed E-state index contributed by atoms with van der Waals surface area (Å²) in [5.74, 6) is 1.46. The van der Waals surface area contributed by atoms with Gasteiger partial charge in [0, 0.05) is 6.07 Å². The van der Waals surface area contributed by atoms with Crippen LogP contribution in [0.4, 0.5) is 10.5 Å². The number of fused-ring (bicyclic) bond motifs is 1. The molecule has 7 nitrogen and oxygen atoms in total. The van der Waals surface area contributed by atoms with Crippen molar-refractivity contribution in [1.29, 1.82) is 0 Å². The molecular formula is C22H23N3O4. The number of ether oxygens (including phenoxy) is 2. The first kappa shape index (κ1) is 18.1. The number of nitrogens with zero attached hydrogens (tertiary/aromatic N) is 2. The monoisotopic (exact) mass is 393 g/mol. The normalized spacial score (nSPS) is 25.9. The molecule has 5 rings (SSSR count). The van der Waals surface area contributed by atoms with Gasteiger partial charge < -0.3 is 14.8 Å². The Morgan fingerprint density at radius 1 is 1.28 bits per heavy atom. The van der Waals surface area contributed by atoms with Crippen molar-refractivity contribution in [2.45, 2.75) is 51.4 Å². The third-order valence-corrected chi connectivity index (χ3v) is 6.06. The highest BCUT2D eigenvalue weighted by Gasteiger charge is 2.47. The minimum atomic E-state index is -0.878. The van der Waals surface area contributed by atoms with Gasteiger partial charge in [-0.25, -0.2) is 14.7 Å². The molecule has 2 atom stereocenters. The quantitative estimate of drug-likeness (QED) is 0.774. The summed E-state index contributed by atoms with van der Waals surface area (Å²) < 4.78 is 11.8. The summed E-state index contributed by atoms with van der Waals surface area (Å²) in [5, 5.41) is 2.74. The SMILES string of the molecule is CC[C@@]1(C)NC(=O)N(c2ccc(Oc3ccc4c(c3)C(C3CC3)OC4)nc2)C1=O. The molecule has 150 valence electrons. The van der Waals surface area contributed by atoms with Gasteiger partial charge in [0.25, 0.3) is 5.91 Å². The van der Waals surface area contributed by atoms with Crippen molar-refractivity contribution in [3.63, 3.8) is 0 Å². The summed E-state index contributed by atoms with van der Waals surface area (Å²) >= 11 is 0. The van der Waals surface area contributed by atoms with E-state index in [-0.39, 0.29) is 12.0 Å². The zero-order valence-electron chi connectivity index (χ0n) is 16.5. The molecule has 3 aliphatic rings. The van der Waals surface area contributed by atoms with E-state index in [4.69, 9.17) is 9.47 Å². The first-order chi connectivity index (χ1) is 14.0. The molecule has 3 heterocycles. The zero-order chi connectivity index (χ0) is 20.2. The molecule has 1 saturated carbocycles. The van der Waals surface area contributed by atoms with Crippen molar-refractivity contribution in [3.05, 3.63) is 47.7 Å². The number of imide groups is 1. The topological polar surface area (TPSA) is 80.8 Å². The summed E-state index contributed by atoms with van der Waals surface area (Å²) in [6.07, 6.45) is 4.62. The van der Waals surface area contributed by atoms with Gasteiger partial charge in [-0.1, -0.05) is 13.0 Å². The molecular weight excluding hydrogens is 370 g/mol. The summed E-state index contributed by atoms with van der Waals surface area (Å²) in [6, 6.07) is 8.90. The molecule has 0 bridgehead atoms. The summed E-state index contributed by atoms with van der Waals surface area (Å²) in [7, 11) is 0. The van der Waals surface area contributed by atoms with E-state index in [1.54, 1.807) is 19.1 Å². The van der Waals surface area contributed by atoms with Crippen molar-refractivity contribution in [2.75, 3.05) is 4.90 Å². The first-order valence-corrected chi connectivity index (χ1v) is 10.0. The predicted molar refractivity (Wildman–Crippen MR) is 106 cm³/mol. The van der Waals surface area contributed by atoms with Gasteiger partial charge in [-0.15, -0.1) is 0 Å². The number of aromatic nitrogens is 1. The number of carbonyl (C=O) groups excluding carboxylic acids is 2. The second-order valence-corrected chi connectivity index (χ2v) is 8.14. The van der Waals surface area contributed by atoms with Gasteiger partial charge in [-0.2, -0.15) is 0 Å². The van der Waals surface area contributed by atoms with Crippen molar-refractivity contribution in [2.24, 2.45) is 5.92 Å². The van der Waals surface area contributed by atoms with E-state index in [1.807, 2.05) is 25.1 Å². The van der Waals surface area contributed by atoms with Gasteiger partial charge in [0.15, 0.2) is 0 Å². The fraction of sp³-hybridized carbons (Fsp3) is 0.409.